The topological polar surface area (TPSA) is 42.3 Å². The van der Waals surface area contributed by atoms with Gasteiger partial charge >= 0.3 is 0 Å². The minimum atomic E-state index is -3.69. The number of para-hydroxylation sites is 2. The molecule has 0 N–H and O–H groups in total. The van der Waals surface area contributed by atoms with E-state index in [1.165, 1.54) is 5.39 Å². The maximum absolute atomic E-state index is 13.7. The summed E-state index contributed by atoms with van der Waals surface area (Å²) in [5, 5.41) is 1.17. The van der Waals surface area contributed by atoms with Crippen molar-refractivity contribution in [3.8, 4) is 11.3 Å². The summed E-state index contributed by atoms with van der Waals surface area (Å²) in [4.78, 5) is 0.321. The van der Waals surface area contributed by atoms with Gasteiger partial charge in [0.2, 0.25) is 0 Å². The molecule has 1 atom stereocenters. The van der Waals surface area contributed by atoms with Crippen LogP contribution in [0.3, 0.4) is 0 Å². The van der Waals surface area contributed by atoms with Gasteiger partial charge in [0, 0.05) is 23.0 Å². The Bertz CT molecular complexity index is 1320. The molecule has 0 amide bonds. The molecule has 4 nitrogen and oxygen atoms in total. The summed E-state index contributed by atoms with van der Waals surface area (Å²) in [6, 6.07) is 25.0. The van der Waals surface area contributed by atoms with E-state index in [1.807, 2.05) is 62.4 Å². The van der Waals surface area contributed by atoms with Gasteiger partial charge in [-0.1, -0.05) is 54.1 Å². The molecule has 1 unspecified atom stereocenters. The molecular formula is C24H22N2O2S. The second kappa shape index (κ2) is 6.49. The Morgan fingerprint density at radius 1 is 0.897 bits per heavy atom. The van der Waals surface area contributed by atoms with Gasteiger partial charge in [-0.25, -0.2) is 8.42 Å². The predicted octanol–water partition coefficient (Wildman–Crippen LogP) is 5.21. The van der Waals surface area contributed by atoms with Crippen molar-refractivity contribution in [1.82, 2.24) is 4.57 Å². The Morgan fingerprint density at radius 3 is 2.38 bits per heavy atom. The van der Waals surface area contributed by atoms with Crippen molar-refractivity contribution in [1.29, 1.82) is 0 Å². The summed E-state index contributed by atoms with van der Waals surface area (Å²) in [7, 11) is -3.69. The number of rotatable bonds is 2. The van der Waals surface area contributed by atoms with Gasteiger partial charge in [-0.3, -0.25) is 4.31 Å². The number of anilines is 1. The first-order chi connectivity index (χ1) is 14.0. The minimum Gasteiger partial charge on any atom is -0.338 e. The summed E-state index contributed by atoms with van der Waals surface area (Å²) in [5.74, 6) is 0. The summed E-state index contributed by atoms with van der Waals surface area (Å²) in [6.45, 7) is 4.52. The smallest absolute Gasteiger partial charge is 0.264 e. The first kappa shape index (κ1) is 18.0. The molecule has 1 aromatic heterocycles. The molecule has 0 saturated carbocycles. The number of hydrogen-bond acceptors (Lipinski definition) is 2. The van der Waals surface area contributed by atoms with Gasteiger partial charge in [-0.15, -0.1) is 0 Å². The van der Waals surface area contributed by atoms with Crippen LogP contribution in [0.4, 0.5) is 5.69 Å². The van der Waals surface area contributed by atoms with Crippen LogP contribution in [-0.2, 0) is 16.6 Å². The lowest BCUT2D eigenvalue weighted by atomic mass is 10.1. The van der Waals surface area contributed by atoms with E-state index < -0.39 is 10.0 Å². The molecule has 1 aliphatic heterocycles. The maximum atomic E-state index is 13.7. The molecule has 0 saturated heterocycles. The zero-order chi connectivity index (χ0) is 20.2. The fourth-order valence-corrected chi connectivity index (χ4v) is 5.94. The average Bonchev–Trinajstić information content (AvgIpc) is 3.01. The van der Waals surface area contributed by atoms with E-state index in [9.17, 15) is 8.42 Å². The summed E-state index contributed by atoms with van der Waals surface area (Å²) in [6.07, 6.45) is 0. The Hall–Kier alpha value is -3.05. The molecule has 0 aliphatic carbocycles. The highest BCUT2D eigenvalue weighted by Crippen LogP contribution is 2.41. The van der Waals surface area contributed by atoms with Crippen molar-refractivity contribution >= 4 is 26.6 Å². The van der Waals surface area contributed by atoms with Gasteiger partial charge < -0.3 is 4.57 Å². The zero-order valence-electron chi connectivity index (χ0n) is 16.4. The van der Waals surface area contributed by atoms with E-state index in [0.717, 1.165) is 28.0 Å². The maximum Gasteiger partial charge on any atom is 0.264 e. The molecule has 0 bridgehead atoms. The Kier molecular flexibility index (Phi) is 4.03. The van der Waals surface area contributed by atoms with Gasteiger partial charge in [0.1, 0.15) is 0 Å². The highest BCUT2D eigenvalue weighted by atomic mass is 32.2. The molecule has 29 heavy (non-hydrogen) atoms. The second-order valence-electron chi connectivity index (χ2n) is 7.68. The van der Waals surface area contributed by atoms with Crippen LogP contribution in [0.25, 0.3) is 22.2 Å². The third-order valence-electron chi connectivity index (χ3n) is 5.65. The Morgan fingerprint density at radius 2 is 1.59 bits per heavy atom. The molecule has 0 radical (unpaired) electrons. The highest BCUT2D eigenvalue weighted by Gasteiger charge is 2.34. The first-order valence-corrected chi connectivity index (χ1v) is 11.2. The van der Waals surface area contributed by atoms with Gasteiger partial charge in [0.15, 0.2) is 0 Å². The molecule has 0 spiro atoms. The lowest BCUT2D eigenvalue weighted by Crippen LogP contribution is -2.40. The number of nitrogens with zero attached hydrogens (tertiary/aromatic N) is 2. The average molecular weight is 403 g/mol. The van der Waals surface area contributed by atoms with E-state index in [0.29, 0.717) is 11.4 Å². The minimum absolute atomic E-state index is 0.237. The van der Waals surface area contributed by atoms with Crippen LogP contribution in [0.15, 0.2) is 83.8 Å². The fourth-order valence-electron chi connectivity index (χ4n) is 4.28. The van der Waals surface area contributed by atoms with E-state index in [2.05, 4.69) is 22.8 Å². The Labute approximate surface area is 171 Å². The molecule has 2 heterocycles. The SMILES string of the molecule is Cc1ccc(S(=O)(=O)N2c3ccccc3-c3cc4ccccc4n3CC2C)cc1. The molecule has 5 rings (SSSR count). The summed E-state index contributed by atoms with van der Waals surface area (Å²) in [5.41, 5.74) is 4.87. The molecule has 4 aromatic rings. The van der Waals surface area contributed by atoms with Crippen LogP contribution in [0.2, 0.25) is 0 Å². The van der Waals surface area contributed by atoms with E-state index in [4.69, 9.17) is 0 Å². The molecule has 0 fully saturated rings. The van der Waals surface area contributed by atoms with Crippen molar-refractivity contribution in [2.75, 3.05) is 4.31 Å². The van der Waals surface area contributed by atoms with Crippen LogP contribution in [0.1, 0.15) is 12.5 Å². The van der Waals surface area contributed by atoms with E-state index in [-0.39, 0.29) is 6.04 Å². The predicted molar refractivity (Wildman–Crippen MR) is 118 cm³/mol. The Balaban J connectivity index is 1.75. The largest absolute Gasteiger partial charge is 0.338 e. The third-order valence-corrected chi connectivity index (χ3v) is 7.60. The fraction of sp³-hybridized carbons (Fsp3) is 0.167. The van der Waals surface area contributed by atoms with Crippen LogP contribution < -0.4 is 4.31 Å². The number of hydrogen-bond donors (Lipinski definition) is 0. The van der Waals surface area contributed by atoms with Crippen molar-refractivity contribution in [2.24, 2.45) is 0 Å². The highest BCUT2D eigenvalue weighted by molar-refractivity contribution is 7.92. The standard InChI is InChI=1S/C24H22N2O2S/c1-17-11-13-20(14-12-17)29(27,28)26-18(2)16-25-22-9-5-3-7-19(22)15-24(25)21-8-4-6-10-23(21)26/h3-15,18H,16H2,1-2H3. The summed E-state index contributed by atoms with van der Waals surface area (Å²) >= 11 is 0. The molecule has 5 heteroatoms. The number of benzene rings is 3. The number of aryl methyl sites for hydroxylation is 1. The van der Waals surface area contributed by atoms with Crippen LogP contribution >= 0.6 is 0 Å². The van der Waals surface area contributed by atoms with E-state index in [1.54, 1.807) is 16.4 Å². The van der Waals surface area contributed by atoms with Gasteiger partial charge in [0.05, 0.1) is 22.3 Å². The zero-order valence-corrected chi connectivity index (χ0v) is 17.2. The monoisotopic (exact) mass is 402 g/mol. The van der Waals surface area contributed by atoms with Crippen molar-refractivity contribution < 1.29 is 8.42 Å². The molecular weight excluding hydrogens is 380 g/mol. The van der Waals surface area contributed by atoms with Gasteiger partial charge in [-0.2, -0.15) is 0 Å². The van der Waals surface area contributed by atoms with Crippen molar-refractivity contribution in [2.45, 2.75) is 31.3 Å². The quantitative estimate of drug-likeness (QED) is 0.462. The normalized spacial score (nSPS) is 16.3. The second-order valence-corrected chi connectivity index (χ2v) is 9.49. The number of fused-ring (bicyclic) bond motifs is 5. The number of aromatic nitrogens is 1. The van der Waals surface area contributed by atoms with Gasteiger partial charge in [-0.05, 0) is 44.2 Å². The number of sulfonamides is 1. The molecule has 146 valence electrons. The van der Waals surface area contributed by atoms with Crippen LogP contribution in [0, 0.1) is 6.92 Å². The lowest BCUT2D eigenvalue weighted by molar-refractivity contribution is 0.562. The van der Waals surface area contributed by atoms with Crippen molar-refractivity contribution in [3.05, 3.63) is 84.4 Å². The van der Waals surface area contributed by atoms with E-state index >= 15 is 0 Å². The summed E-state index contributed by atoms with van der Waals surface area (Å²) < 4.78 is 31.2. The molecule has 3 aromatic carbocycles. The third kappa shape index (κ3) is 2.76. The molecule has 1 aliphatic rings. The van der Waals surface area contributed by atoms with Crippen LogP contribution in [0.5, 0.6) is 0 Å². The van der Waals surface area contributed by atoms with Gasteiger partial charge in [0.25, 0.3) is 10.0 Å². The van der Waals surface area contributed by atoms with Crippen molar-refractivity contribution in [3.63, 3.8) is 0 Å². The lowest BCUT2D eigenvalue weighted by Gasteiger charge is -2.30. The van der Waals surface area contributed by atoms with Crippen LogP contribution in [-0.4, -0.2) is 19.0 Å². The first-order valence-electron chi connectivity index (χ1n) is 9.75.